The molecule has 1 saturated heterocycles. The molecule has 0 amide bonds. The number of nitrogens with two attached hydrogens (primary N) is 2. The molecule has 2 aromatic rings. The maximum atomic E-state index is 5.89. The molecular formula is C11H16N6O. The Labute approximate surface area is 104 Å². The average Bonchev–Trinajstić information content (AvgIpc) is 2.83. The van der Waals surface area contributed by atoms with Gasteiger partial charge in [0, 0.05) is 0 Å². The number of rotatable bonds is 1. The van der Waals surface area contributed by atoms with Gasteiger partial charge in [0.1, 0.15) is 11.7 Å². The monoisotopic (exact) mass is 248 g/mol. The standard InChI is InChI=1S/C11H16N6O/c1-5-3-7(18-6(5)2)17-4-14-8-9(12)15-11(13)16-10(8)17/h4-7H,3H2,1-2H3,(H4,12,13,15,16)/t5-,6?,7?/m1/s1. The summed E-state index contributed by atoms with van der Waals surface area (Å²) in [7, 11) is 0. The van der Waals surface area contributed by atoms with Crippen LogP contribution in [0, 0.1) is 5.92 Å². The molecule has 0 bridgehead atoms. The Morgan fingerprint density at radius 3 is 2.78 bits per heavy atom. The van der Waals surface area contributed by atoms with Crippen molar-refractivity contribution >= 4 is 22.9 Å². The van der Waals surface area contributed by atoms with Gasteiger partial charge in [-0.1, -0.05) is 6.92 Å². The zero-order valence-electron chi connectivity index (χ0n) is 10.4. The summed E-state index contributed by atoms with van der Waals surface area (Å²) in [6.07, 6.45) is 2.78. The molecule has 3 atom stereocenters. The van der Waals surface area contributed by atoms with Gasteiger partial charge in [-0.15, -0.1) is 0 Å². The van der Waals surface area contributed by atoms with Gasteiger partial charge in [-0.25, -0.2) is 4.98 Å². The summed E-state index contributed by atoms with van der Waals surface area (Å²) in [5, 5.41) is 0. The van der Waals surface area contributed by atoms with Crippen LogP contribution in [0.1, 0.15) is 26.5 Å². The summed E-state index contributed by atoms with van der Waals surface area (Å²) in [5.41, 5.74) is 12.6. The van der Waals surface area contributed by atoms with Gasteiger partial charge in [-0.05, 0) is 19.3 Å². The topological polar surface area (TPSA) is 105 Å². The van der Waals surface area contributed by atoms with Gasteiger partial charge in [-0.2, -0.15) is 9.97 Å². The highest BCUT2D eigenvalue weighted by molar-refractivity contribution is 5.82. The number of nitrogen functional groups attached to an aromatic ring is 2. The van der Waals surface area contributed by atoms with Gasteiger partial charge >= 0.3 is 0 Å². The minimum Gasteiger partial charge on any atom is -0.382 e. The summed E-state index contributed by atoms with van der Waals surface area (Å²) >= 11 is 0. The van der Waals surface area contributed by atoms with Crippen LogP contribution in [-0.4, -0.2) is 25.6 Å². The van der Waals surface area contributed by atoms with Crippen molar-refractivity contribution in [1.82, 2.24) is 19.5 Å². The lowest BCUT2D eigenvalue weighted by Gasteiger charge is -2.13. The Morgan fingerprint density at radius 2 is 2.11 bits per heavy atom. The second-order valence-electron chi connectivity index (χ2n) is 4.80. The van der Waals surface area contributed by atoms with E-state index in [0.29, 0.717) is 22.9 Å². The first-order valence-corrected chi connectivity index (χ1v) is 5.97. The molecule has 1 fully saturated rings. The molecule has 3 rings (SSSR count). The normalized spacial score (nSPS) is 28.0. The van der Waals surface area contributed by atoms with E-state index in [1.165, 1.54) is 0 Å². The van der Waals surface area contributed by atoms with Crippen molar-refractivity contribution < 1.29 is 4.74 Å². The van der Waals surface area contributed by atoms with Gasteiger partial charge in [0.25, 0.3) is 0 Å². The molecule has 7 heteroatoms. The molecular weight excluding hydrogens is 232 g/mol. The van der Waals surface area contributed by atoms with Crippen molar-refractivity contribution in [3.8, 4) is 0 Å². The Balaban J connectivity index is 2.08. The molecule has 2 unspecified atom stereocenters. The minimum atomic E-state index is -0.0614. The number of fused-ring (bicyclic) bond motifs is 1. The number of imidazole rings is 1. The Hall–Kier alpha value is -1.89. The van der Waals surface area contributed by atoms with E-state index in [0.717, 1.165) is 6.42 Å². The molecule has 0 radical (unpaired) electrons. The Bertz CT molecular complexity index is 584. The SMILES string of the molecule is CC1OC(n2cnc3c(N)nc(N)nc32)C[C@H]1C. The molecule has 7 nitrogen and oxygen atoms in total. The van der Waals surface area contributed by atoms with Crippen LogP contribution in [0.15, 0.2) is 6.33 Å². The van der Waals surface area contributed by atoms with Crippen LogP contribution < -0.4 is 11.5 Å². The molecule has 96 valence electrons. The van der Waals surface area contributed by atoms with E-state index >= 15 is 0 Å². The highest BCUT2D eigenvalue weighted by Gasteiger charge is 2.31. The van der Waals surface area contributed by atoms with E-state index in [1.807, 2.05) is 4.57 Å². The van der Waals surface area contributed by atoms with Crippen LogP contribution in [0.3, 0.4) is 0 Å². The molecule has 0 spiro atoms. The molecule has 0 aliphatic carbocycles. The van der Waals surface area contributed by atoms with E-state index in [1.54, 1.807) is 6.33 Å². The maximum Gasteiger partial charge on any atom is 0.224 e. The van der Waals surface area contributed by atoms with Crippen molar-refractivity contribution in [2.75, 3.05) is 11.5 Å². The highest BCUT2D eigenvalue weighted by Crippen LogP contribution is 2.34. The van der Waals surface area contributed by atoms with Crippen molar-refractivity contribution in [3.05, 3.63) is 6.33 Å². The quantitative estimate of drug-likeness (QED) is 0.778. The van der Waals surface area contributed by atoms with Crippen LogP contribution in [-0.2, 0) is 4.74 Å². The Morgan fingerprint density at radius 1 is 1.33 bits per heavy atom. The van der Waals surface area contributed by atoms with Crippen molar-refractivity contribution in [3.63, 3.8) is 0 Å². The fourth-order valence-electron chi connectivity index (χ4n) is 2.29. The number of aromatic nitrogens is 4. The lowest BCUT2D eigenvalue weighted by atomic mass is 10.1. The molecule has 18 heavy (non-hydrogen) atoms. The second-order valence-corrected chi connectivity index (χ2v) is 4.80. The predicted octanol–water partition coefficient (Wildman–Crippen LogP) is 0.934. The molecule has 0 saturated carbocycles. The molecule has 2 aromatic heterocycles. The number of hydrogen-bond donors (Lipinski definition) is 2. The number of anilines is 2. The fraction of sp³-hybridized carbons (Fsp3) is 0.545. The third-order valence-corrected chi connectivity index (χ3v) is 3.52. The van der Waals surface area contributed by atoms with Gasteiger partial charge in [-0.3, -0.25) is 4.57 Å². The van der Waals surface area contributed by atoms with Gasteiger partial charge in [0.15, 0.2) is 11.5 Å². The lowest BCUT2D eigenvalue weighted by Crippen LogP contribution is -2.10. The van der Waals surface area contributed by atoms with Crippen LogP contribution >= 0.6 is 0 Å². The smallest absolute Gasteiger partial charge is 0.224 e. The van der Waals surface area contributed by atoms with Gasteiger partial charge in [0.2, 0.25) is 5.95 Å². The molecule has 0 aromatic carbocycles. The van der Waals surface area contributed by atoms with Crippen LogP contribution in [0.25, 0.3) is 11.2 Å². The lowest BCUT2D eigenvalue weighted by molar-refractivity contribution is 0.00798. The van der Waals surface area contributed by atoms with E-state index in [9.17, 15) is 0 Å². The summed E-state index contributed by atoms with van der Waals surface area (Å²) in [6, 6.07) is 0. The van der Waals surface area contributed by atoms with E-state index in [-0.39, 0.29) is 18.3 Å². The molecule has 1 aliphatic heterocycles. The summed E-state index contributed by atoms with van der Waals surface area (Å²) < 4.78 is 7.77. The van der Waals surface area contributed by atoms with E-state index < -0.39 is 0 Å². The van der Waals surface area contributed by atoms with Crippen LogP contribution in [0.4, 0.5) is 11.8 Å². The molecule has 4 N–H and O–H groups in total. The number of ether oxygens (including phenoxy) is 1. The van der Waals surface area contributed by atoms with Crippen molar-refractivity contribution in [2.45, 2.75) is 32.6 Å². The van der Waals surface area contributed by atoms with Crippen LogP contribution in [0.2, 0.25) is 0 Å². The second kappa shape index (κ2) is 3.81. The van der Waals surface area contributed by atoms with E-state index in [4.69, 9.17) is 16.2 Å². The zero-order valence-corrected chi connectivity index (χ0v) is 10.4. The zero-order chi connectivity index (χ0) is 12.9. The average molecular weight is 248 g/mol. The largest absolute Gasteiger partial charge is 0.382 e. The molecule has 3 heterocycles. The third kappa shape index (κ3) is 1.59. The molecule has 1 aliphatic rings. The fourth-order valence-corrected chi connectivity index (χ4v) is 2.29. The summed E-state index contributed by atoms with van der Waals surface area (Å²) in [4.78, 5) is 12.3. The first kappa shape index (κ1) is 11.2. The van der Waals surface area contributed by atoms with E-state index in [2.05, 4.69) is 28.8 Å². The summed E-state index contributed by atoms with van der Waals surface area (Å²) in [6.45, 7) is 4.24. The first-order chi connectivity index (χ1) is 8.56. The highest BCUT2D eigenvalue weighted by atomic mass is 16.5. The van der Waals surface area contributed by atoms with Gasteiger partial charge < -0.3 is 16.2 Å². The number of nitrogens with zero attached hydrogens (tertiary/aromatic N) is 4. The third-order valence-electron chi connectivity index (χ3n) is 3.52. The minimum absolute atomic E-state index is 0.0614. The summed E-state index contributed by atoms with van der Waals surface area (Å²) in [5.74, 6) is 0.958. The first-order valence-electron chi connectivity index (χ1n) is 5.97. The van der Waals surface area contributed by atoms with Gasteiger partial charge in [0.05, 0.1) is 12.4 Å². The number of hydrogen-bond acceptors (Lipinski definition) is 6. The van der Waals surface area contributed by atoms with Crippen LogP contribution in [0.5, 0.6) is 0 Å². The predicted molar refractivity (Wildman–Crippen MR) is 67.5 cm³/mol. The van der Waals surface area contributed by atoms with Crippen molar-refractivity contribution in [2.24, 2.45) is 5.92 Å². The maximum absolute atomic E-state index is 5.89. The van der Waals surface area contributed by atoms with Crippen molar-refractivity contribution in [1.29, 1.82) is 0 Å². The Kier molecular flexibility index (Phi) is 2.37.